The lowest BCUT2D eigenvalue weighted by Crippen LogP contribution is -2.45. The van der Waals surface area contributed by atoms with Gasteiger partial charge in [-0.25, -0.2) is 0 Å². The Morgan fingerprint density at radius 1 is 1.57 bits per heavy atom. The van der Waals surface area contributed by atoms with Gasteiger partial charge in [-0.3, -0.25) is 4.99 Å². The van der Waals surface area contributed by atoms with Gasteiger partial charge in [0.15, 0.2) is 5.96 Å². The maximum atomic E-state index is 4.42. The van der Waals surface area contributed by atoms with Crippen LogP contribution < -0.4 is 10.6 Å². The summed E-state index contributed by atoms with van der Waals surface area (Å²) in [5.41, 5.74) is 0.543. The van der Waals surface area contributed by atoms with Crippen LogP contribution >= 0.6 is 0 Å². The molecule has 1 aliphatic heterocycles. The van der Waals surface area contributed by atoms with Gasteiger partial charge < -0.3 is 10.6 Å². The third-order valence-electron chi connectivity index (χ3n) is 3.45. The Balaban J connectivity index is 1.83. The molecule has 2 unspecified atom stereocenters. The molecule has 1 fully saturated rings. The number of rotatable bonds is 2. The normalized spacial score (nSPS) is 31.4. The summed E-state index contributed by atoms with van der Waals surface area (Å²) in [7, 11) is 0. The van der Waals surface area contributed by atoms with Crippen LogP contribution in [0.5, 0.6) is 0 Å². The minimum atomic E-state index is 0.543. The van der Waals surface area contributed by atoms with Crippen LogP contribution in [-0.2, 0) is 0 Å². The molecule has 80 valence electrons. The molecule has 0 spiro atoms. The lowest BCUT2D eigenvalue weighted by molar-refractivity contribution is 0.467. The molecule has 2 aliphatic rings. The van der Waals surface area contributed by atoms with Gasteiger partial charge in [0.2, 0.25) is 0 Å². The van der Waals surface area contributed by atoms with Crippen molar-refractivity contribution in [2.24, 2.45) is 16.3 Å². The number of hydrogen-bond donors (Lipinski definition) is 2. The van der Waals surface area contributed by atoms with E-state index in [1.807, 2.05) is 0 Å². The number of nitrogens with one attached hydrogen (secondary N) is 2. The van der Waals surface area contributed by atoms with Crippen molar-refractivity contribution in [1.29, 1.82) is 0 Å². The average molecular weight is 195 g/mol. The van der Waals surface area contributed by atoms with E-state index >= 15 is 0 Å². The van der Waals surface area contributed by atoms with E-state index in [2.05, 4.69) is 36.4 Å². The molecule has 0 bridgehead atoms. The maximum absolute atomic E-state index is 4.42. The quantitative estimate of drug-likeness (QED) is 0.698. The smallest absolute Gasteiger partial charge is 0.191 e. The molecule has 0 saturated heterocycles. The summed E-state index contributed by atoms with van der Waals surface area (Å²) >= 11 is 0. The summed E-state index contributed by atoms with van der Waals surface area (Å²) in [5, 5.41) is 6.77. The first-order valence-electron chi connectivity index (χ1n) is 5.64. The third kappa shape index (κ3) is 2.02. The first kappa shape index (κ1) is 9.81. The zero-order valence-corrected chi connectivity index (χ0v) is 9.43. The molecule has 2 rings (SSSR count). The molecule has 0 aromatic carbocycles. The van der Waals surface area contributed by atoms with Crippen LogP contribution in [0.4, 0.5) is 0 Å². The Bertz CT molecular complexity index is 245. The zero-order valence-electron chi connectivity index (χ0n) is 9.43. The predicted molar refractivity (Wildman–Crippen MR) is 59.4 cm³/mol. The number of aliphatic imine (C=N–C) groups is 1. The van der Waals surface area contributed by atoms with Crippen LogP contribution in [0, 0.1) is 11.3 Å². The number of guanidine groups is 1. The standard InChI is InChI=1S/C11H21N3/c1-8(9-7-11(9,2)3)14-10-12-5-4-6-13-10/h8-9H,4-7H2,1-3H3,(H2,12,13,14). The van der Waals surface area contributed by atoms with Gasteiger partial charge in [-0.05, 0) is 31.1 Å². The van der Waals surface area contributed by atoms with Crippen molar-refractivity contribution in [3.8, 4) is 0 Å². The van der Waals surface area contributed by atoms with Crippen molar-refractivity contribution in [2.75, 3.05) is 13.1 Å². The predicted octanol–water partition coefficient (Wildman–Crippen LogP) is 1.36. The Hall–Kier alpha value is -0.730. The van der Waals surface area contributed by atoms with Crippen molar-refractivity contribution in [3.63, 3.8) is 0 Å². The molecule has 1 aliphatic carbocycles. The van der Waals surface area contributed by atoms with E-state index in [0.717, 1.165) is 31.4 Å². The molecule has 2 N–H and O–H groups in total. The Kier molecular flexibility index (Phi) is 2.41. The van der Waals surface area contributed by atoms with Crippen molar-refractivity contribution < 1.29 is 0 Å². The Labute approximate surface area is 86.4 Å². The van der Waals surface area contributed by atoms with Crippen LogP contribution in [0.3, 0.4) is 0 Å². The van der Waals surface area contributed by atoms with Crippen LogP contribution in [-0.4, -0.2) is 25.1 Å². The van der Waals surface area contributed by atoms with Gasteiger partial charge in [0.25, 0.3) is 0 Å². The fourth-order valence-corrected chi connectivity index (χ4v) is 2.31. The van der Waals surface area contributed by atoms with Crippen molar-refractivity contribution >= 4 is 5.96 Å². The molecule has 3 nitrogen and oxygen atoms in total. The molecule has 14 heavy (non-hydrogen) atoms. The van der Waals surface area contributed by atoms with E-state index < -0.39 is 0 Å². The molecule has 0 amide bonds. The first-order chi connectivity index (χ1) is 6.59. The van der Waals surface area contributed by atoms with Crippen molar-refractivity contribution in [2.45, 2.75) is 39.7 Å². The van der Waals surface area contributed by atoms with E-state index in [1.165, 1.54) is 6.42 Å². The van der Waals surface area contributed by atoms with Gasteiger partial charge in [0, 0.05) is 19.1 Å². The largest absolute Gasteiger partial charge is 0.356 e. The molecule has 0 aromatic heterocycles. The molecule has 3 heteroatoms. The van der Waals surface area contributed by atoms with Crippen molar-refractivity contribution in [3.05, 3.63) is 0 Å². The second-order valence-corrected chi connectivity index (χ2v) is 5.24. The summed E-state index contributed by atoms with van der Waals surface area (Å²) < 4.78 is 0. The molecule has 1 heterocycles. The van der Waals surface area contributed by atoms with Crippen molar-refractivity contribution in [1.82, 2.24) is 10.6 Å². The fourth-order valence-electron chi connectivity index (χ4n) is 2.31. The molecule has 0 aromatic rings. The summed E-state index contributed by atoms with van der Waals surface area (Å²) in [6.45, 7) is 8.97. The maximum Gasteiger partial charge on any atom is 0.191 e. The second kappa shape index (κ2) is 3.44. The van der Waals surface area contributed by atoms with Gasteiger partial charge in [0.1, 0.15) is 0 Å². The molecular formula is C11H21N3. The summed E-state index contributed by atoms with van der Waals surface area (Å²) in [6.07, 6.45) is 2.50. The van der Waals surface area contributed by atoms with Crippen LogP contribution in [0.15, 0.2) is 4.99 Å². The Morgan fingerprint density at radius 2 is 2.29 bits per heavy atom. The highest BCUT2D eigenvalue weighted by molar-refractivity contribution is 5.80. The van der Waals surface area contributed by atoms with E-state index in [9.17, 15) is 0 Å². The number of hydrogen-bond acceptors (Lipinski definition) is 3. The zero-order chi connectivity index (χ0) is 10.2. The molecule has 0 radical (unpaired) electrons. The first-order valence-corrected chi connectivity index (χ1v) is 5.64. The number of nitrogens with zero attached hydrogens (tertiary/aromatic N) is 1. The average Bonchev–Trinajstić information content (AvgIpc) is 2.77. The highest BCUT2D eigenvalue weighted by atomic mass is 15.2. The minimum Gasteiger partial charge on any atom is -0.356 e. The fraction of sp³-hybridized carbons (Fsp3) is 0.909. The minimum absolute atomic E-state index is 0.543. The summed E-state index contributed by atoms with van der Waals surface area (Å²) in [6, 6.07) is 0.550. The third-order valence-corrected chi connectivity index (χ3v) is 3.45. The van der Waals surface area contributed by atoms with Crippen LogP contribution in [0.25, 0.3) is 0 Å². The van der Waals surface area contributed by atoms with E-state index in [-0.39, 0.29) is 0 Å². The molecular weight excluding hydrogens is 174 g/mol. The van der Waals surface area contributed by atoms with Crippen LogP contribution in [0.2, 0.25) is 0 Å². The van der Waals surface area contributed by atoms with E-state index in [1.54, 1.807) is 0 Å². The van der Waals surface area contributed by atoms with E-state index in [0.29, 0.717) is 11.5 Å². The highest BCUT2D eigenvalue weighted by Gasteiger charge is 2.48. The van der Waals surface area contributed by atoms with Crippen LogP contribution in [0.1, 0.15) is 33.6 Å². The van der Waals surface area contributed by atoms with Gasteiger partial charge >= 0.3 is 0 Å². The van der Waals surface area contributed by atoms with E-state index in [4.69, 9.17) is 0 Å². The lowest BCUT2D eigenvalue weighted by Gasteiger charge is -2.21. The van der Waals surface area contributed by atoms with Gasteiger partial charge in [0.05, 0.1) is 0 Å². The lowest BCUT2D eigenvalue weighted by atomic mass is 10.1. The SMILES string of the molecule is CC(NC1=NCCCN1)C1CC1(C)C. The summed E-state index contributed by atoms with van der Waals surface area (Å²) in [5.74, 6) is 1.82. The molecule has 1 saturated carbocycles. The monoisotopic (exact) mass is 195 g/mol. The van der Waals surface area contributed by atoms with Gasteiger partial charge in [-0.2, -0.15) is 0 Å². The second-order valence-electron chi connectivity index (χ2n) is 5.24. The molecule has 2 atom stereocenters. The van der Waals surface area contributed by atoms with Gasteiger partial charge in [-0.1, -0.05) is 13.8 Å². The highest BCUT2D eigenvalue weighted by Crippen LogP contribution is 2.53. The topological polar surface area (TPSA) is 36.4 Å². The van der Waals surface area contributed by atoms with Gasteiger partial charge in [-0.15, -0.1) is 0 Å². The Morgan fingerprint density at radius 3 is 2.79 bits per heavy atom. The summed E-state index contributed by atoms with van der Waals surface area (Å²) in [4.78, 5) is 4.42.